The first-order valence-electron chi connectivity index (χ1n) is 8.60. The van der Waals surface area contributed by atoms with E-state index in [1.807, 2.05) is 0 Å². The molecule has 2 amide bonds. The largest absolute Gasteiger partial charge is 0.438 e. The standard InChI is InChI=1S/C20H20F2N4O3/c1-13(10-11-16(27)26(3)4)24-17(28)15-12-23-19(20(2,21)22)25-18(15)29-14-8-6-5-7-9-14/h5-9,12-13H,1-4H3,(H,24,28). The Hall–Kier alpha value is -3.54. The average Bonchev–Trinajstić information content (AvgIpc) is 2.66. The van der Waals surface area contributed by atoms with Crippen molar-refractivity contribution in [3.8, 4) is 23.5 Å². The van der Waals surface area contributed by atoms with Gasteiger partial charge in [-0.3, -0.25) is 9.59 Å². The number of nitrogens with one attached hydrogen (secondary N) is 1. The van der Waals surface area contributed by atoms with Gasteiger partial charge in [0.2, 0.25) is 11.7 Å². The van der Waals surface area contributed by atoms with E-state index in [0.717, 1.165) is 6.20 Å². The van der Waals surface area contributed by atoms with E-state index < -0.39 is 29.6 Å². The van der Waals surface area contributed by atoms with Crippen molar-refractivity contribution >= 4 is 11.8 Å². The smallest absolute Gasteiger partial charge is 0.303 e. The third kappa shape index (κ3) is 6.24. The fourth-order valence-electron chi connectivity index (χ4n) is 2.00. The van der Waals surface area contributed by atoms with Gasteiger partial charge >= 0.3 is 5.92 Å². The number of benzene rings is 1. The Balaban J connectivity index is 2.30. The first-order valence-corrected chi connectivity index (χ1v) is 8.60. The lowest BCUT2D eigenvalue weighted by Gasteiger charge is -2.15. The summed E-state index contributed by atoms with van der Waals surface area (Å²) in [5, 5.41) is 2.54. The summed E-state index contributed by atoms with van der Waals surface area (Å²) >= 11 is 0. The molecule has 0 aliphatic heterocycles. The highest BCUT2D eigenvalue weighted by molar-refractivity contribution is 5.97. The molecule has 0 saturated heterocycles. The van der Waals surface area contributed by atoms with Crippen molar-refractivity contribution in [2.24, 2.45) is 0 Å². The highest BCUT2D eigenvalue weighted by atomic mass is 19.3. The van der Waals surface area contributed by atoms with Gasteiger partial charge in [-0.15, -0.1) is 0 Å². The van der Waals surface area contributed by atoms with E-state index >= 15 is 0 Å². The number of ether oxygens (including phenoxy) is 1. The molecule has 152 valence electrons. The fraction of sp³-hybridized carbons (Fsp3) is 0.300. The highest BCUT2D eigenvalue weighted by Gasteiger charge is 2.30. The Morgan fingerprint density at radius 1 is 1.24 bits per heavy atom. The van der Waals surface area contributed by atoms with Gasteiger partial charge in [0.1, 0.15) is 11.3 Å². The molecule has 0 saturated carbocycles. The summed E-state index contributed by atoms with van der Waals surface area (Å²) in [5.41, 5.74) is -0.144. The second kappa shape index (κ2) is 9.10. The van der Waals surface area contributed by atoms with E-state index in [2.05, 4.69) is 27.1 Å². The summed E-state index contributed by atoms with van der Waals surface area (Å²) < 4.78 is 32.8. The third-order valence-electron chi connectivity index (χ3n) is 3.50. The fourth-order valence-corrected chi connectivity index (χ4v) is 2.00. The number of alkyl halides is 2. The summed E-state index contributed by atoms with van der Waals surface area (Å²) in [7, 11) is 3.10. The van der Waals surface area contributed by atoms with Crippen molar-refractivity contribution in [3.63, 3.8) is 0 Å². The zero-order chi connectivity index (χ0) is 21.6. The molecule has 2 rings (SSSR count). The second-order valence-electron chi connectivity index (χ2n) is 6.38. The summed E-state index contributed by atoms with van der Waals surface area (Å²) in [6.07, 6.45) is 0.971. The Bertz CT molecular complexity index is 948. The lowest BCUT2D eigenvalue weighted by atomic mass is 10.2. The molecule has 1 atom stereocenters. The van der Waals surface area contributed by atoms with Gasteiger partial charge in [-0.05, 0) is 25.0 Å². The topological polar surface area (TPSA) is 84.4 Å². The molecular formula is C20H20F2N4O3. The zero-order valence-electron chi connectivity index (χ0n) is 16.4. The number of aromatic nitrogens is 2. The minimum atomic E-state index is -3.31. The number of hydrogen-bond donors (Lipinski definition) is 1. The first kappa shape index (κ1) is 21.8. The molecule has 1 unspecified atom stereocenters. The number of hydrogen-bond acceptors (Lipinski definition) is 5. The molecule has 0 spiro atoms. The Morgan fingerprint density at radius 2 is 1.90 bits per heavy atom. The number of nitrogens with zero attached hydrogens (tertiary/aromatic N) is 3. The van der Waals surface area contributed by atoms with Crippen molar-refractivity contribution in [2.75, 3.05) is 14.1 Å². The normalized spacial score (nSPS) is 11.7. The average molecular weight is 402 g/mol. The minimum Gasteiger partial charge on any atom is -0.438 e. The van der Waals surface area contributed by atoms with E-state index in [-0.39, 0.29) is 11.4 Å². The van der Waals surface area contributed by atoms with Crippen LogP contribution in [-0.2, 0) is 10.7 Å². The van der Waals surface area contributed by atoms with E-state index in [4.69, 9.17) is 4.74 Å². The maximum absolute atomic E-state index is 13.6. The zero-order valence-corrected chi connectivity index (χ0v) is 16.4. The maximum Gasteiger partial charge on any atom is 0.303 e. The number of para-hydroxylation sites is 1. The number of rotatable bonds is 5. The number of amides is 2. The molecule has 9 heteroatoms. The van der Waals surface area contributed by atoms with Gasteiger partial charge in [-0.2, -0.15) is 13.8 Å². The second-order valence-corrected chi connectivity index (χ2v) is 6.38. The molecule has 29 heavy (non-hydrogen) atoms. The van der Waals surface area contributed by atoms with Crippen LogP contribution in [0.3, 0.4) is 0 Å². The van der Waals surface area contributed by atoms with Gasteiger partial charge in [-0.25, -0.2) is 4.98 Å². The van der Waals surface area contributed by atoms with Gasteiger partial charge in [0.25, 0.3) is 11.8 Å². The van der Waals surface area contributed by atoms with Crippen LogP contribution in [0.5, 0.6) is 11.6 Å². The molecule has 1 N–H and O–H groups in total. The van der Waals surface area contributed by atoms with Crippen molar-refractivity contribution < 1.29 is 23.1 Å². The molecule has 7 nitrogen and oxygen atoms in total. The molecule has 0 fully saturated rings. The van der Waals surface area contributed by atoms with Crippen molar-refractivity contribution in [2.45, 2.75) is 25.8 Å². The minimum absolute atomic E-state index is 0.144. The number of halogens is 2. The SMILES string of the molecule is CC(C#CC(=O)N(C)C)NC(=O)c1cnc(C(C)(F)F)nc1Oc1ccccc1. The molecule has 1 aromatic heterocycles. The quantitative estimate of drug-likeness (QED) is 0.778. The van der Waals surface area contributed by atoms with Gasteiger partial charge < -0.3 is 15.0 Å². The van der Waals surface area contributed by atoms with Crippen molar-refractivity contribution in [1.82, 2.24) is 20.2 Å². The molecule has 1 heterocycles. The molecule has 0 radical (unpaired) electrons. The van der Waals surface area contributed by atoms with Crippen molar-refractivity contribution in [3.05, 3.63) is 47.9 Å². The highest BCUT2D eigenvalue weighted by Crippen LogP contribution is 2.28. The van der Waals surface area contributed by atoms with E-state index in [1.165, 1.54) is 4.90 Å². The molecule has 0 bridgehead atoms. The van der Waals surface area contributed by atoms with E-state index in [1.54, 1.807) is 51.4 Å². The Kier molecular flexibility index (Phi) is 6.83. The maximum atomic E-state index is 13.6. The van der Waals surface area contributed by atoms with Crippen LogP contribution in [0.25, 0.3) is 0 Å². The van der Waals surface area contributed by atoms with Crippen LogP contribution in [0.15, 0.2) is 36.5 Å². The summed E-state index contributed by atoms with van der Waals surface area (Å²) in [6.45, 7) is 2.22. The monoisotopic (exact) mass is 402 g/mol. The summed E-state index contributed by atoms with van der Waals surface area (Å²) in [5.74, 6) is -0.206. The number of carbonyl (C=O) groups excluding carboxylic acids is 2. The van der Waals surface area contributed by atoms with E-state index in [0.29, 0.717) is 12.7 Å². The molecule has 0 aliphatic carbocycles. The molecular weight excluding hydrogens is 382 g/mol. The van der Waals surface area contributed by atoms with Crippen LogP contribution in [-0.4, -0.2) is 46.8 Å². The van der Waals surface area contributed by atoms with Crippen molar-refractivity contribution in [1.29, 1.82) is 0 Å². The Labute approximate surface area is 167 Å². The molecule has 0 aliphatic rings. The third-order valence-corrected chi connectivity index (χ3v) is 3.50. The van der Waals surface area contributed by atoms with Crippen LogP contribution in [0.2, 0.25) is 0 Å². The van der Waals surface area contributed by atoms with E-state index in [9.17, 15) is 18.4 Å². The Morgan fingerprint density at radius 3 is 2.48 bits per heavy atom. The van der Waals surface area contributed by atoms with Gasteiger partial charge in [0.15, 0.2) is 0 Å². The predicted molar refractivity (Wildman–Crippen MR) is 102 cm³/mol. The van der Waals surface area contributed by atoms with Crippen LogP contribution in [0, 0.1) is 11.8 Å². The summed E-state index contributed by atoms with van der Waals surface area (Å²) in [4.78, 5) is 32.7. The summed E-state index contributed by atoms with van der Waals surface area (Å²) in [6, 6.07) is 7.61. The molecule has 2 aromatic rings. The van der Waals surface area contributed by atoms with Crippen LogP contribution in [0.4, 0.5) is 8.78 Å². The van der Waals surface area contributed by atoms with Crippen LogP contribution in [0.1, 0.15) is 30.0 Å². The van der Waals surface area contributed by atoms with Gasteiger partial charge in [0.05, 0.1) is 6.04 Å². The predicted octanol–water partition coefficient (Wildman–Crippen LogP) is 2.59. The van der Waals surface area contributed by atoms with Crippen LogP contribution >= 0.6 is 0 Å². The lowest BCUT2D eigenvalue weighted by molar-refractivity contribution is -0.122. The first-order chi connectivity index (χ1) is 13.6. The van der Waals surface area contributed by atoms with Gasteiger partial charge in [0, 0.05) is 27.2 Å². The van der Waals surface area contributed by atoms with Gasteiger partial charge in [-0.1, -0.05) is 24.1 Å². The lowest BCUT2D eigenvalue weighted by Crippen LogP contribution is -2.32. The molecule has 1 aromatic carbocycles. The number of carbonyl (C=O) groups is 2. The van der Waals surface area contributed by atoms with Crippen LogP contribution < -0.4 is 10.1 Å².